The third-order valence-electron chi connectivity index (χ3n) is 2.50. The quantitative estimate of drug-likeness (QED) is 0.220. The van der Waals surface area contributed by atoms with Gasteiger partial charge in [-0.1, -0.05) is 6.07 Å². The topological polar surface area (TPSA) is 177 Å². The molecular formula is C12H18Na2O11S2. The SMILES string of the molecule is O=S(=O)(O)CC(O)COc1cccc(OCC(O)COS(=O)(=O)O)c1.[Na].[Na]. The van der Waals surface area contributed by atoms with Crippen LogP contribution >= 0.6 is 0 Å². The molecule has 0 saturated carbocycles. The van der Waals surface area contributed by atoms with Crippen LogP contribution in [0.4, 0.5) is 0 Å². The van der Waals surface area contributed by atoms with E-state index >= 15 is 0 Å². The molecule has 1 aromatic carbocycles. The van der Waals surface area contributed by atoms with Crippen LogP contribution in [0.1, 0.15) is 0 Å². The maximum atomic E-state index is 10.6. The summed E-state index contributed by atoms with van der Waals surface area (Å²) in [5, 5.41) is 18.9. The van der Waals surface area contributed by atoms with Gasteiger partial charge in [0.05, 0.1) is 6.61 Å². The molecule has 0 fully saturated rings. The molecule has 0 spiro atoms. The Morgan fingerprint density at radius 3 is 1.78 bits per heavy atom. The Bertz CT molecular complexity index is 754. The average molecular weight is 448 g/mol. The number of hydrogen-bond donors (Lipinski definition) is 4. The standard InChI is InChI=1S/C12H18O11S2.2Na/c13-9(7-23-25(18,19)20)5-21-11-2-1-3-12(4-11)22-6-10(14)8-24(15,16)17;;/h1-4,9-10,13-14H,5-8H2,(H,15,16,17)(H,18,19,20);;. The molecule has 0 aromatic heterocycles. The maximum Gasteiger partial charge on any atom is 0.397 e. The molecule has 0 saturated heterocycles. The molecule has 0 aliphatic heterocycles. The Morgan fingerprint density at radius 2 is 1.33 bits per heavy atom. The van der Waals surface area contributed by atoms with Crippen LogP contribution in [0.15, 0.2) is 24.3 Å². The number of aliphatic hydroxyl groups is 2. The van der Waals surface area contributed by atoms with E-state index in [2.05, 4.69) is 4.18 Å². The van der Waals surface area contributed by atoms with Gasteiger partial charge in [-0.15, -0.1) is 0 Å². The third-order valence-corrected chi connectivity index (χ3v) is 3.74. The van der Waals surface area contributed by atoms with Crippen molar-refractivity contribution in [1.82, 2.24) is 0 Å². The molecule has 11 nitrogen and oxygen atoms in total. The van der Waals surface area contributed by atoms with E-state index in [0.29, 0.717) is 0 Å². The summed E-state index contributed by atoms with van der Waals surface area (Å²) >= 11 is 0. The van der Waals surface area contributed by atoms with Gasteiger partial charge in [-0.2, -0.15) is 16.8 Å². The van der Waals surface area contributed by atoms with Gasteiger partial charge in [0.25, 0.3) is 10.1 Å². The fraction of sp³-hybridized carbons (Fsp3) is 0.500. The third kappa shape index (κ3) is 16.0. The van der Waals surface area contributed by atoms with Gasteiger partial charge in [-0.05, 0) is 12.1 Å². The second kappa shape index (κ2) is 13.7. The zero-order chi connectivity index (χ0) is 19.1. The molecule has 15 heteroatoms. The molecule has 0 heterocycles. The number of benzene rings is 1. The van der Waals surface area contributed by atoms with Crippen LogP contribution < -0.4 is 9.47 Å². The number of ether oxygens (including phenoxy) is 2. The summed E-state index contributed by atoms with van der Waals surface area (Å²) in [6.45, 7) is -1.44. The summed E-state index contributed by atoms with van der Waals surface area (Å²) in [5.41, 5.74) is 0. The molecule has 0 aliphatic rings. The van der Waals surface area contributed by atoms with Crippen molar-refractivity contribution in [3.8, 4) is 11.5 Å². The number of hydrogen-bond acceptors (Lipinski definition) is 9. The second-order valence-corrected chi connectivity index (χ2v) is 7.45. The van der Waals surface area contributed by atoms with Gasteiger partial charge < -0.3 is 19.7 Å². The van der Waals surface area contributed by atoms with Gasteiger partial charge in [0.1, 0.15) is 42.7 Å². The van der Waals surface area contributed by atoms with E-state index < -0.39 is 51.7 Å². The van der Waals surface area contributed by atoms with Crippen molar-refractivity contribution in [2.75, 3.05) is 25.6 Å². The first-order valence-electron chi connectivity index (χ1n) is 6.73. The second-order valence-electron chi connectivity index (χ2n) is 4.87. The monoisotopic (exact) mass is 448 g/mol. The van der Waals surface area contributed by atoms with Crippen LogP contribution in [0.25, 0.3) is 0 Å². The van der Waals surface area contributed by atoms with Crippen molar-refractivity contribution in [2.45, 2.75) is 12.2 Å². The van der Waals surface area contributed by atoms with Crippen molar-refractivity contribution < 1.29 is 49.8 Å². The van der Waals surface area contributed by atoms with Crippen molar-refractivity contribution in [2.24, 2.45) is 0 Å². The zero-order valence-electron chi connectivity index (χ0n) is 14.8. The fourth-order valence-corrected chi connectivity index (χ4v) is 2.45. The van der Waals surface area contributed by atoms with Crippen molar-refractivity contribution in [3.63, 3.8) is 0 Å². The minimum atomic E-state index is -4.66. The van der Waals surface area contributed by atoms with Crippen LogP contribution in [0, 0.1) is 0 Å². The molecule has 2 atom stereocenters. The Kier molecular flexibility index (Phi) is 15.1. The normalized spacial score (nSPS) is 13.6. The molecule has 1 aromatic rings. The number of aliphatic hydroxyl groups excluding tert-OH is 2. The van der Waals surface area contributed by atoms with Crippen LogP contribution in [0.3, 0.4) is 0 Å². The van der Waals surface area contributed by atoms with Gasteiger partial charge in [0, 0.05) is 65.2 Å². The summed E-state index contributed by atoms with van der Waals surface area (Å²) in [7, 11) is -8.98. The Balaban J connectivity index is 0. The van der Waals surface area contributed by atoms with Gasteiger partial charge >= 0.3 is 10.4 Å². The van der Waals surface area contributed by atoms with Crippen LogP contribution in [0.2, 0.25) is 0 Å². The molecule has 2 radical (unpaired) electrons. The van der Waals surface area contributed by atoms with E-state index in [9.17, 15) is 27.0 Å². The predicted octanol–water partition coefficient (Wildman–Crippen LogP) is -1.89. The van der Waals surface area contributed by atoms with Crippen LogP contribution in [-0.4, -0.2) is 133 Å². The first-order chi connectivity index (χ1) is 11.4. The van der Waals surface area contributed by atoms with Gasteiger partial charge in [-0.25, -0.2) is 4.18 Å². The molecule has 27 heavy (non-hydrogen) atoms. The number of rotatable bonds is 11. The molecule has 4 N–H and O–H groups in total. The fourth-order valence-electron chi connectivity index (χ4n) is 1.54. The smallest absolute Gasteiger partial charge is 0.397 e. The molecule has 2 unspecified atom stereocenters. The zero-order valence-corrected chi connectivity index (χ0v) is 20.4. The molecule has 0 amide bonds. The Labute approximate surface area is 201 Å². The van der Waals surface area contributed by atoms with Gasteiger partial charge in [-0.3, -0.25) is 9.11 Å². The minimum absolute atomic E-state index is 0. The van der Waals surface area contributed by atoms with Crippen molar-refractivity contribution in [3.05, 3.63) is 24.3 Å². The predicted molar refractivity (Wildman–Crippen MR) is 94.9 cm³/mol. The van der Waals surface area contributed by atoms with Gasteiger partial charge in [0.2, 0.25) is 0 Å². The molecular weight excluding hydrogens is 430 g/mol. The van der Waals surface area contributed by atoms with E-state index in [1.807, 2.05) is 0 Å². The summed E-state index contributed by atoms with van der Waals surface area (Å²) < 4.78 is 73.2. The van der Waals surface area contributed by atoms with Crippen LogP contribution in [0.5, 0.6) is 11.5 Å². The Morgan fingerprint density at radius 1 is 0.852 bits per heavy atom. The van der Waals surface area contributed by atoms with E-state index in [1.165, 1.54) is 24.3 Å². The van der Waals surface area contributed by atoms with E-state index in [1.54, 1.807) is 0 Å². The van der Waals surface area contributed by atoms with Gasteiger partial charge in [0.15, 0.2) is 0 Å². The molecule has 1 rings (SSSR count). The first kappa shape index (κ1) is 29.7. The maximum absolute atomic E-state index is 10.6. The van der Waals surface area contributed by atoms with Crippen LogP contribution in [-0.2, 0) is 24.7 Å². The molecule has 0 aliphatic carbocycles. The Hall–Kier alpha value is 0.520. The average Bonchev–Trinajstić information content (AvgIpc) is 2.47. The van der Waals surface area contributed by atoms with E-state index in [4.69, 9.17) is 18.6 Å². The summed E-state index contributed by atoms with van der Waals surface area (Å²) in [6.07, 6.45) is -2.76. The van der Waals surface area contributed by atoms with Crippen molar-refractivity contribution in [1.29, 1.82) is 0 Å². The summed E-state index contributed by atoms with van der Waals surface area (Å²) in [4.78, 5) is 0. The minimum Gasteiger partial charge on any atom is -0.491 e. The first-order valence-corrected chi connectivity index (χ1v) is 9.71. The molecule has 0 bridgehead atoms. The molecule has 146 valence electrons. The summed E-state index contributed by atoms with van der Waals surface area (Å²) in [5.74, 6) is -0.424. The van der Waals surface area contributed by atoms with Crippen molar-refractivity contribution >= 4 is 79.6 Å². The van der Waals surface area contributed by atoms with E-state index in [-0.39, 0.29) is 77.2 Å². The van der Waals surface area contributed by atoms with E-state index in [0.717, 1.165) is 0 Å². The summed E-state index contributed by atoms with van der Waals surface area (Å²) in [6, 6.07) is 5.88. The largest absolute Gasteiger partial charge is 0.491 e.